The van der Waals surface area contributed by atoms with Gasteiger partial charge in [-0.1, -0.05) is 35.9 Å². The molecule has 0 radical (unpaired) electrons. The van der Waals surface area contributed by atoms with Crippen molar-refractivity contribution >= 4 is 45.7 Å². The van der Waals surface area contributed by atoms with E-state index in [0.29, 0.717) is 36.8 Å². The van der Waals surface area contributed by atoms with Crippen LogP contribution in [0.2, 0.25) is 5.02 Å². The molecule has 7 rings (SSSR count). The summed E-state index contributed by atoms with van der Waals surface area (Å²) in [5.74, 6) is 0.187. The molecule has 2 amide bonds. The highest BCUT2D eigenvalue weighted by atomic mass is 35.5. The molecule has 1 atom stereocenters. The zero-order valence-corrected chi connectivity index (χ0v) is 29.5. The van der Waals surface area contributed by atoms with E-state index in [4.69, 9.17) is 16.3 Å². The van der Waals surface area contributed by atoms with Crippen LogP contribution < -0.4 is 10.6 Å². The minimum Gasteiger partial charge on any atom is -0.381 e. The summed E-state index contributed by atoms with van der Waals surface area (Å²) < 4.78 is 7.94. The first kappa shape index (κ1) is 33.7. The predicted octanol–water partition coefficient (Wildman–Crippen LogP) is 7.02. The fraction of sp³-hybridized carbons (Fsp3) is 0.474. The first-order valence-electron chi connectivity index (χ1n) is 17.4. The number of halogens is 1. The van der Waals surface area contributed by atoms with Gasteiger partial charge in [0, 0.05) is 73.4 Å². The van der Waals surface area contributed by atoms with Crippen molar-refractivity contribution < 1.29 is 14.3 Å². The number of nitrogens with one attached hydrogen (secondary N) is 2. The molecule has 11 heteroatoms. The largest absolute Gasteiger partial charge is 0.381 e. The third-order valence-corrected chi connectivity index (χ3v) is 12.2. The van der Waals surface area contributed by atoms with Crippen LogP contribution in [-0.2, 0) is 20.9 Å². The summed E-state index contributed by atoms with van der Waals surface area (Å²) in [5.41, 5.74) is 4.76. The first-order valence-corrected chi connectivity index (χ1v) is 18.7. The van der Waals surface area contributed by atoms with E-state index in [1.807, 2.05) is 42.6 Å². The minimum atomic E-state index is -0.0650. The van der Waals surface area contributed by atoms with E-state index < -0.39 is 0 Å². The summed E-state index contributed by atoms with van der Waals surface area (Å²) in [6.45, 7) is 6.47. The average molecular weight is 699 g/mol. The van der Waals surface area contributed by atoms with E-state index in [1.165, 1.54) is 0 Å². The van der Waals surface area contributed by atoms with E-state index in [9.17, 15) is 14.9 Å². The second kappa shape index (κ2) is 14.6. The number of thiazole rings is 1. The van der Waals surface area contributed by atoms with Crippen molar-refractivity contribution in [1.82, 2.24) is 25.1 Å². The molecular weight excluding hydrogens is 656 g/mol. The number of ether oxygens (including phenoxy) is 1. The van der Waals surface area contributed by atoms with Gasteiger partial charge in [-0.05, 0) is 87.2 Å². The lowest BCUT2D eigenvalue weighted by molar-refractivity contribution is -0.135. The summed E-state index contributed by atoms with van der Waals surface area (Å²) >= 11 is 8.73. The van der Waals surface area contributed by atoms with Crippen LogP contribution in [0.3, 0.4) is 0 Å². The number of nitriles is 1. The van der Waals surface area contributed by atoms with Crippen LogP contribution in [0.4, 0.5) is 0 Å². The molecule has 1 unspecified atom stereocenters. The normalized spacial score (nSPS) is 19.0. The number of amides is 2. The van der Waals surface area contributed by atoms with Crippen LogP contribution in [0.1, 0.15) is 80.1 Å². The second-order valence-corrected chi connectivity index (χ2v) is 15.3. The summed E-state index contributed by atoms with van der Waals surface area (Å²) in [5, 5.41) is 20.3. The number of carbonyl (C=O) groups excluding carboxylic acids is 2. The van der Waals surface area contributed by atoms with Crippen molar-refractivity contribution in [3.05, 3.63) is 75.3 Å². The lowest BCUT2D eigenvalue weighted by atomic mass is 9.57. The lowest BCUT2D eigenvalue weighted by Crippen LogP contribution is -2.51. The number of piperidine rings is 1. The van der Waals surface area contributed by atoms with Crippen molar-refractivity contribution in [2.75, 3.05) is 32.8 Å². The van der Waals surface area contributed by atoms with Gasteiger partial charge in [0.05, 0.1) is 28.2 Å². The van der Waals surface area contributed by atoms with Crippen molar-refractivity contribution in [2.45, 2.75) is 70.5 Å². The van der Waals surface area contributed by atoms with E-state index in [2.05, 4.69) is 43.4 Å². The van der Waals surface area contributed by atoms with Crippen molar-refractivity contribution in [3.63, 3.8) is 0 Å². The van der Waals surface area contributed by atoms with Gasteiger partial charge in [-0.25, -0.2) is 4.98 Å². The Labute approximate surface area is 296 Å². The maximum Gasteiger partial charge on any atom is 0.223 e. The second-order valence-electron chi connectivity index (χ2n) is 14.0. The third-order valence-electron chi connectivity index (χ3n) is 10.9. The van der Waals surface area contributed by atoms with Gasteiger partial charge in [0.25, 0.3) is 0 Å². The smallest absolute Gasteiger partial charge is 0.223 e. The summed E-state index contributed by atoms with van der Waals surface area (Å²) in [7, 11) is 0. The molecule has 2 aliphatic heterocycles. The van der Waals surface area contributed by atoms with E-state index in [-0.39, 0.29) is 35.2 Å². The van der Waals surface area contributed by atoms with Crippen LogP contribution in [0.5, 0.6) is 0 Å². The first-order chi connectivity index (χ1) is 23.8. The zero-order chi connectivity index (χ0) is 34.0. The molecule has 1 saturated carbocycles. The Morgan fingerprint density at radius 1 is 1.18 bits per heavy atom. The SMILES string of the molecule is CC(NC(=O)CCN1CCC2(CC1)CC(C(=O)NCc1ccc3c(-c4cccc(C#N)c4)cn(C4CCOCC4)c3c1Cl)C2)c1nccs1. The number of hydrogen-bond donors (Lipinski definition) is 2. The Bertz CT molecular complexity index is 1840. The summed E-state index contributed by atoms with van der Waals surface area (Å²) in [6.07, 6.45) is 10.2. The molecule has 4 heterocycles. The summed E-state index contributed by atoms with van der Waals surface area (Å²) in [6, 6.07) is 14.3. The topological polar surface area (TPSA) is 112 Å². The lowest BCUT2D eigenvalue weighted by Gasteiger charge is -2.51. The molecule has 3 aliphatic rings. The highest BCUT2D eigenvalue weighted by Crippen LogP contribution is 2.52. The quantitative estimate of drug-likeness (QED) is 0.184. The highest BCUT2D eigenvalue weighted by molar-refractivity contribution is 7.09. The van der Waals surface area contributed by atoms with Gasteiger partial charge in [0.1, 0.15) is 5.01 Å². The van der Waals surface area contributed by atoms with Gasteiger partial charge in [-0.2, -0.15) is 5.26 Å². The molecular formula is C38H43ClN6O3S. The van der Waals surface area contributed by atoms with Crippen LogP contribution in [0.15, 0.2) is 54.2 Å². The Morgan fingerprint density at radius 3 is 2.71 bits per heavy atom. The van der Waals surface area contributed by atoms with Gasteiger partial charge in [-0.15, -0.1) is 11.3 Å². The third kappa shape index (κ3) is 7.27. The molecule has 2 saturated heterocycles. The van der Waals surface area contributed by atoms with Gasteiger partial charge < -0.3 is 24.8 Å². The number of hydrogen-bond acceptors (Lipinski definition) is 7. The molecule has 49 heavy (non-hydrogen) atoms. The van der Waals surface area contributed by atoms with Crippen LogP contribution in [0.25, 0.3) is 22.0 Å². The van der Waals surface area contributed by atoms with Gasteiger partial charge in [0.2, 0.25) is 11.8 Å². The van der Waals surface area contributed by atoms with Crippen LogP contribution in [-0.4, -0.2) is 59.1 Å². The number of rotatable bonds is 10. The molecule has 2 N–H and O–H groups in total. The fourth-order valence-corrected chi connectivity index (χ4v) is 8.94. The summed E-state index contributed by atoms with van der Waals surface area (Å²) in [4.78, 5) is 32.5. The Morgan fingerprint density at radius 2 is 1.98 bits per heavy atom. The Kier molecular flexibility index (Phi) is 10.1. The standard InChI is InChI=1S/C38H43ClN6O3S/c1-25(37-41-12-18-49-37)43-33(46)7-13-44-14-10-38(11-15-44)20-29(21-38)36(47)42-23-28-5-6-31-32(27-4-2-3-26(19-27)22-40)24-45(35(31)34(28)39)30-8-16-48-17-9-30/h2-6,12,18-19,24-25,29-30H,7-11,13-17,20-21,23H2,1H3,(H,42,47)(H,43,46). The minimum absolute atomic E-state index is 0.0253. The molecule has 2 aromatic carbocycles. The van der Waals surface area contributed by atoms with E-state index in [0.717, 1.165) is 90.8 Å². The van der Waals surface area contributed by atoms with Gasteiger partial charge in [0.15, 0.2) is 0 Å². The monoisotopic (exact) mass is 698 g/mol. The van der Waals surface area contributed by atoms with Crippen molar-refractivity contribution in [1.29, 1.82) is 5.26 Å². The van der Waals surface area contributed by atoms with E-state index in [1.54, 1.807) is 17.5 Å². The molecule has 1 spiro atoms. The van der Waals surface area contributed by atoms with Crippen LogP contribution in [0, 0.1) is 22.7 Å². The molecule has 9 nitrogen and oxygen atoms in total. The number of fused-ring (bicyclic) bond motifs is 1. The number of carbonyl (C=O) groups is 2. The number of benzene rings is 2. The molecule has 256 valence electrons. The zero-order valence-electron chi connectivity index (χ0n) is 27.9. The van der Waals surface area contributed by atoms with Gasteiger partial charge >= 0.3 is 0 Å². The van der Waals surface area contributed by atoms with Crippen molar-refractivity contribution in [2.24, 2.45) is 11.3 Å². The Hall–Kier alpha value is -3.75. The predicted molar refractivity (Wildman–Crippen MR) is 192 cm³/mol. The molecule has 2 aromatic heterocycles. The maximum atomic E-state index is 13.3. The average Bonchev–Trinajstić information content (AvgIpc) is 3.80. The van der Waals surface area contributed by atoms with Gasteiger partial charge in [-0.3, -0.25) is 9.59 Å². The van der Waals surface area contributed by atoms with Crippen molar-refractivity contribution in [3.8, 4) is 17.2 Å². The number of aromatic nitrogens is 2. The Balaban J connectivity index is 0.941. The number of nitrogens with zero attached hydrogens (tertiary/aromatic N) is 4. The molecule has 3 fully saturated rings. The highest BCUT2D eigenvalue weighted by Gasteiger charge is 2.48. The van der Waals surface area contributed by atoms with E-state index >= 15 is 0 Å². The molecule has 0 bridgehead atoms. The molecule has 4 aromatic rings. The fourth-order valence-electron chi connectivity index (χ4n) is 7.96. The maximum absolute atomic E-state index is 13.3. The molecule has 1 aliphatic carbocycles. The number of likely N-dealkylation sites (tertiary alicyclic amines) is 1. The van der Waals surface area contributed by atoms with Crippen LogP contribution >= 0.6 is 22.9 Å².